The summed E-state index contributed by atoms with van der Waals surface area (Å²) >= 11 is 0. The number of carboxylic acids is 1. The van der Waals surface area contributed by atoms with Crippen LogP contribution in [-0.4, -0.2) is 60.9 Å². The fraction of sp³-hybridized carbons (Fsp3) is 0.750. The number of aliphatic carboxylic acids is 1. The van der Waals surface area contributed by atoms with Crippen molar-refractivity contribution in [2.75, 3.05) is 32.8 Å². The predicted octanol–water partition coefficient (Wildman–Crippen LogP) is -1.56. The highest BCUT2D eigenvalue weighted by molar-refractivity contribution is 5.77. The maximum atomic E-state index is 11.4. The number of hydrogen-bond donors (Lipinski definition) is 3. The van der Waals surface area contributed by atoms with Gasteiger partial charge in [0.25, 0.3) is 0 Å². The molecule has 1 fully saturated rings. The third-order valence-electron chi connectivity index (χ3n) is 2.09. The molecule has 1 saturated heterocycles. The predicted molar refractivity (Wildman–Crippen MR) is 51.4 cm³/mol. The number of carboxylic acid groups (broad SMARTS) is 1. The number of carbonyl (C=O) groups excluding carboxylic acids is 1. The Kier molecular flexibility index (Phi) is 4.32. The first-order chi connectivity index (χ1) is 7.11. The maximum absolute atomic E-state index is 11.4. The topological polar surface area (TPSA) is 105 Å². The number of ether oxygens (including phenoxy) is 1. The zero-order chi connectivity index (χ0) is 11.3. The van der Waals surface area contributed by atoms with Crippen molar-refractivity contribution >= 4 is 12.0 Å². The third kappa shape index (κ3) is 3.72. The fourth-order valence-electron chi connectivity index (χ4n) is 1.16. The van der Waals surface area contributed by atoms with Gasteiger partial charge in [-0.05, 0) is 0 Å². The quantitative estimate of drug-likeness (QED) is 0.530. The standard InChI is InChI=1S/C8H15N3O4/c9-6(7(12)13)5-10-8(14)11-1-3-15-4-2-11/h6H,1-5,9H2,(H,10,14)(H,12,13). The van der Waals surface area contributed by atoms with Gasteiger partial charge in [-0.3, -0.25) is 4.79 Å². The van der Waals surface area contributed by atoms with Crippen molar-refractivity contribution in [3.63, 3.8) is 0 Å². The van der Waals surface area contributed by atoms with Crippen molar-refractivity contribution in [3.8, 4) is 0 Å². The molecule has 0 radical (unpaired) electrons. The number of urea groups is 1. The molecule has 1 aliphatic rings. The summed E-state index contributed by atoms with van der Waals surface area (Å²) in [5.74, 6) is -1.13. The van der Waals surface area contributed by atoms with Crippen LogP contribution in [0, 0.1) is 0 Å². The van der Waals surface area contributed by atoms with Crippen molar-refractivity contribution in [2.45, 2.75) is 6.04 Å². The lowest BCUT2D eigenvalue weighted by Gasteiger charge is -2.27. The van der Waals surface area contributed by atoms with Gasteiger partial charge in [-0.1, -0.05) is 0 Å². The third-order valence-corrected chi connectivity index (χ3v) is 2.09. The smallest absolute Gasteiger partial charge is 0.322 e. The number of amides is 2. The summed E-state index contributed by atoms with van der Waals surface area (Å²) < 4.78 is 5.07. The number of rotatable bonds is 3. The second kappa shape index (κ2) is 5.52. The van der Waals surface area contributed by atoms with E-state index in [0.29, 0.717) is 26.3 Å². The first-order valence-electron chi connectivity index (χ1n) is 4.70. The Labute approximate surface area is 87.2 Å². The van der Waals surface area contributed by atoms with Crippen LogP contribution in [0.3, 0.4) is 0 Å². The highest BCUT2D eigenvalue weighted by Crippen LogP contribution is 1.96. The summed E-state index contributed by atoms with van der Waals surface area (Å²) in [5, 5.41) is 11.0. The van der Waals surface area contributed by atoms with Crippen LogP contribution in [0.2, 0.25) is 0 Å². The monoisotopic (exact) mass is 217 g/mol. The molecule has 1 unspecified atom stereocenters. The van der Waals surface area contributed by atoms with Crippen molar-refractivity contribution < 1.29 is 19.4 Å². The van der Waals surface area contributed by atoms with Crippen LogP contribution in [-0.2, 0) is 9.53 Å². The molecule has 7 nitrogen and oxygen atoms in total. The van der Waals surface area contributed by atoms with Crippen LogP contribution in [0.1, 0.15) is 0 Å². The van der Waals surface area contributed by atoms with Crippen LogP contribution in [0.5, 0.6) is 0 Å². The average molecular weight is 217 g/mol. The highest BCUT2D eigenvalue weighted by Gasteiger charge is 2.18. The van der Waals surface area contributed by atoms with Gasteiger partial charge in [-0.2, -0.15) is 0 Å². The summed E-state index contributed by atoms with van der Waals surface area (Å²) in [7, 11) is 0. The van der Waals surface area contributed by atoms with E-state index in [-0.39, 0.29) is 12.6 Å². The minimum atomic E-state index is -1.13. The lowest BCUT2D eigenvalue weighted by molar-refractivity contribution is -0.138. The molecule has 1 aliphatic heterocycles. The number of nitrogens with two attached hydrogens (primary N) is 1. The van der Waals surface area contributed by atoms with Crippen LogP contribution in [0.25, 0.3) is 0 Å². The van der Waals surface area contributed by atoms with Gasteiger partial charge in [0.1, 0.15) is 6.04 Å². The van der Waals surface area contributed by atoms with Gasteiger partial charge >= 0.3 is 12.0 Å². The number of carbonyl (C=O) groups is 2. The van der Waals surface area contributed by atoms with Gasteiger partial charge in [-0.15, -0.1) is 0 Å². The second-order valence-electron chi connectivity index (χ2n) is 3.23. The summed E-state index contributed by atoms with van der Waals surface area (Å²) in [6.07, 6.45) is 0. The van der Waals surface area contributed by atoms with Gasteiger partial charge in [0, 0.05) is 19.6 Å². The van der Waals surface area contributed by atoms with Crippen LogP contribution < -0.4 is 11.1 Å². The Balaban J connectivity index is 2.25. The summed E-state index contributed by atoms with van der Waals surface area (Å²) in [5.41, 5.74) is 5.24. The van der Waals surface area contributed by atoms with Crippen molar-refractivity contribution in [1.29, 1.82) is 0 Å². The molecular formula is C8H15N3O4. The molecule has 0 aromatic rings. The van der Waals surface area contributed by atoms with E-state index in [1.807, 2.05) is 0 Å². The Morgan fingerprint density at radius 3 is 2.60 bits per heavy atom. The van der Waals surface area contributed by atoms with E-state index in [1.165, 1.54) is 0 Å². The molecule has 0 saturated carbocycles. The molecule has 7 heteroatoms. The maximum Gasteiger partial charge on any atom is 0.322 e. The molecule has 0 aromatic heterocycles. The second-order valence-corrected chi connectivity index (χ2v) is 3.23. The van der Waals surface area contributed by atoms with Crippen molar-refractivity contribution in [3.05, 3.63) is 0 Å². The first-order valence-corrected chi connectivity index (χ1v) is 4.70. The normalized spacial score (nSPS) is 18.3. The largest absolute Gasteiger partial charge is 0.480 e. The molecule has 1 rings (SSSR count). The van der Waals surface area contributed by atoms with E-state index < -0.39 is 12.0 Å². The van der Waals surface area contributed by atoms with Gasteiger partial charge < -0.3 is 25.8 Å². The van der Waals surface area contributed by atoms with Gasteiger partial charge in [-0.25, -0.2) is 4.79 Å². The summed E-state index contributed by atoms with van der Waals surface area (Å²) in [4.78, 5) is 23.4. The molecule has 4 N–H and O–H groups in total. The highest BCUT2D eigenvalue weighted by atomic mass is 16.5. The Morgan fingerprint density at radius 2 is 2.07 bits per heavy atom. The number of hydrogen-bond acceptors (Lipinski definition) is 4. The molecule has 0 bridgehead atoms. The van der Waals surface area contributed by atoms with E-state index in [0.717, 1.165) is 0 Å². The lowest BCUT2D eigenvalue weighted by atomic mass is 10.3. The van der Waals surface area contributed by atoms with Gasteiger partial charge in [0.2, 0.25) is 0 Å². The number of morpholine rings is 1. The minimum absolute atomic E-state index is 0.0640. The molecular weight excluding hydrogens is 202 g/mol. The van der Waals surface area contributed by atoms with E-state index in [9.17, 15) is 9.59 Å². The molecule has 0 aliphatic carbocycles. The fourth-order valence-corrected chi connectivity index (χ4v) is 1.16. The molecule has 0 aromatic carbocycles. The molecule has 2 amide bonds. The van der Waals surface area contributed by atoms with Crippen LogP contribution in [0.4, 0.5) is 4.79 Å². The number of nitrogens with one attached hydrogen (secondary N) is 1. The van der Waals surface area contributed by atoms with E-state index in [1.54, 1.807) is 4.90 Å². The Hall–Kier alpha value is -1.34. The zero-order valence-electron chi connectivity index (χ0n) is 8.31. The van der Waals surface area contributed by atoms with Gasteiger partial charge in [0.15, 0.2) is 0 Å². The van der Waals surface area contributed by atoms with Crippen LogP contribution in [0.15, 0.2) is 0 Å². The Morgan fingerprint density at radius 1 is 1.47 bits per heavy atom. The molecule has 86 valence electrons. The molecule has 1 atom stereocenters. The summed E-state index contributed by atoms with van der Waals surface area (Å²) in [6, 6.07) is -1.36. The lowest BCUT2D eigenvalue weighted by Crippen LogP contribution is -2.50. The van der Waals surface area contributed by atoms with E-state index in [2.05, 4.69) is 5.32 Å². The Bertz CT molecular complexity index is 240. The van der Waals surface area contributed by atoms with Crippen LogP contribution >= 0.6 is 0 Å². The van der Waals surface area contributed by atoms with E-state index >= 15 is 0 Å². The summed E-state index contributed by atoms with van der Waals surface area (Å²) in [6.45, 7) is 2.00. The average Bonchev–Trinajstić information content (AvgIpc) is 2.26. The number of nitrogens with zero attached hydrogens (tertiary/aromatic N) is 1. The van der Waals surface area contributed by atoms with Gasteiger partial charge in [0.05, 0.1) is 13.2 Å². The minimum Gasteiger partial charge on any atom is -0.480 e. The SMILES string of the molecule is NC(CNC(=O)N1CCOCC1)C(=O)O. The van der Waals surface area contributed by atoms with Crippen molar-refractivity contribution in [2.24, 2.45) is 5.73 Å². The molecule has 0 spiro atoms. The zero-order valence-corrected chi connectivity index (χ0v) is 8.31. The van der Waals surface area contributed by atoms with Crippen molar-refractivity contribution in [1.82, 2.24) is 10.2 Å². The molecule has 1 heterocycles. The molecule has 15 heavy (non-hydrogen) atoms. The first kappa shape index (κ1) is 11.7. The van der Waals surface area contributed by atoms with E-state index in [4.69, 9.17) is 15.6 Å².